The van der Waals surface area contributed by atoms with Crippen LogP contribution in [0.15, 0.2) is 36.7 Å². The summed E-state index contributed by atoms with van der Waals surface area (Å²) in [6.45, 7) is 2.99. The predicted octanol–water partition coefficient (Wildman–Crippen LogP) is 2.76. The van der Waals surface area contributed by atoms with Crippen LogP contribution in [0.1, 0.15) is 13.3 Å². The number of anilines is 1. The van der Waals surface area contributed by atoms with Crippen molar-refractivity contribution < 1.29 is 9.90 Å². The lowest BCUT2D eigenvalue weighted by atomic mass is 10.0. The smallest absolute Gasteiger partial charge is 0.321 e. The SMILES string of the molecule is C[C@H](O)[C@H]1CCN(C(=O)Nc2cnn(-c3ccccc3Cl)c2)C1. The van der Waals surface area contributed by atoms with Crippen molar-refractivity contribution in [1.29, 1.82) is 0 Å². The van der Waals surface area contributed by atoms with Gasteiger partial charge in [-0.05, 0) is 25.5 Å². The lowest BCUT2D eigenvalue weighted by molar-refractivity contribution is 0.130. The van der Waals surface area contributed by atoms with Crippen molar-refractivity contribution in [3.8, 4) is 5.69 Å². The van der Waals surface area contributed by atoms with Gasteiger partial charge in [-0.2, -0.15) is 5.10 Å². The Balaban J connectivity index is 1.66. The molecule has 0 unspecified atom stereocenters. The molecular weight excluding hydrogens is 316 g/mol. The van der Waals surface area contributed by atoms with Crippen molar-refractivity contribution in [1.82, 2.24) is 14.7 Å². The van der Waals surface area contributed by atoms with E-state index in [9.17, 15) is 9.90 Å². The Hall–Kier alpha value is -2.05. The molecule has 0 spiro atoms. The minimum atomic E-state index is -0.393. The molecular formula is C16H19ClN4O2. The van der Waals surface area contributed by atoms with Crippen LogP contribution in [0.3, 0.4) is 0 Å². The third-order valence-corrected chi connectivity index (χ3v) is 4.45. The van der Waals surface area contributed by atoms with Gasteiger partial charge in [-0.1, -0.05) is 23.7 Å². The summed E-state index contributed by atoms with van der Waals surface area (Å²) in [6, 6.07) is 7.20. The average Bonchev–Trinajstić information content (AvgIpc) is 3.16. The number of benzene rings is 1. The molecule has 1 saturated heterocycles. The number of nitrogens with zero attached hydrogens (tertiary/aromatic N) is 3. The van der Waals surface area contributed by atoms with Gasteiger partial charge in [0.1, 0.15) is 0 Å². The molecule has 6 nitrogen and oxygen atoms in total. The number of nitrogens with one attached hydrogen (secondary N) is 1. The van der Waals surface area contributed by atoms with E-state index in [0.717, 1.165) is 12.1 Å². The number of halogens is 1. The molecule has 7 heteroatoms. The first-order valence-electron chi connectivity index (χ1n) is 7.58. The molecule has 1 fully saturated rings. The number of hydrogen-bond acceptors (Lipinski definition) is 3. The first-order valence-corrected chi connectivity index (χ1v) is 7.96. The van der Waals surface area contributed by atoms with Crippen molar-refractivity contribution in [2.24, 2.45) is 5.92 Å². The number of carbonyl (C=O) groups excluding carboxylic acids is 1. The van der Waals surface area contributed by atoms with Crippen LogP contribution in [0.25, 0.3) is 5.69 Å². The number of para-hydroxylation sites is 1. The van der Waals surface area contributed by atoms with E-state index < -0.39 is 6.10 Å². The van der Waals surface area contributed by atoms with Gasteiger partial charge in [-0.25, -0.2) is 9.48 Å². The van der Waals surface area contributed by atoms with Gasteiger partial charge >= 0.3 is 6.03 Å². The molecule has 1 aromatic heterocycles. The minimum absolute atomic E-state index is 0.145. The Labute approximate surface area is 139 Å². The molecule has 2 N–H and O–H groups in total. The maximum Gasteiger partial charge on any atom is 0.321 e. The molecule has 0 aliphatic carbocycles. The van der Waals surface area contributed by atoms with E-state index in [1.165, 1.54) is 0 Å². The van der Waals surface area contributed by atoms with Gasteiger partial charge < -0.3 is 15.3 Å². The number of aliphatic hydroxyl groups excluding tert-OH is 1. The van der Waals surface area contributed by atoms with Gasteiger partial charge in [0.2, 0.25) is 0 Å². The Bertz CT molecular complexity index is 701. The predicted molar refractivity (Wildman–Crippen MR) is 89.0 cm³/mol. The summed E-state index contributed by atoms with van der Waals surface area (Å²) in [5.74, 6) is 0.145. The third kappa shape index (κ3) is 3.48. The third-order valence-electron chi connectivity index (χ3n) is 4.13. The van der Waals surface area contributed by atoms with Crippen LogP contribution in [-0.4, -0.2) is 45.0 Å². The van der Waals surface area contributed by atoms with E-state index in [1.54, 1.807) is 35.0 Å². The second-order valence-electron chi connectivity index (χ2n) is 5.79. The lowest BCUT2D eigenvalue weighted by Crippen LogP contribution is -2.34. The number of amides is 2. The molecule has 1 aromatic carbocycles. The standard InChI is InChI=1S/C16H19ClN4O2/c1-11(22)12-6-7-20(9-12)16(23)19-13-8-18-21(10-13)15-5-3-2-4-14(15)17/h2-5,8,10-12,22H,6-7,9H2,1H3,(H,19,23)/t11-,12-/m0/s1. The molecule has 1 aliphatic heterocycles. The second kappa shape index (κ2) is 6.60. The van der Waals surface area contributed by atoms with Gasteiger partial charge in [0.25, 0.3) is 0 Å². The number of rotatable bonds is 3. The highest BCUT2D eigenvalue weighted by Gasteiger charge is 2.29. The van der Waals surface area contributed by atoms with Gasteiger partial charge in [-0.15, -0.1) is 0 Å². The van der Waals surface area contributed by atoms with Crippen LogP contribution in [0.5, 0.6) is 0 Å². The molecule has 2 aromatic rings. The Morgan fingerprint density at radius 1 is 1.48 bits per heavy atom. The molecule has 2 heterocycles. The summed E-state index contributed by atoms with van der Waals surface area (Å²) < 4.78 is 1.63. The van der Waals surface area contributed by atoms with Crippen molar-refractivity contribution in [2.75, 3.05) is 18.4 Å². The van der Waals surface area contributed by atoms with Crippen LogP contribution < -0.4 is 5.32 Å². The number of aromatic nitrogens is 2. The summed E-state index contributed by atoms with van der Waals surface area (Å²) in [5.41, 5.74) is 1.36. The van der Waals surface area contributed by atoms with Crippen molar-refractivity contribution in [2.45, 2.75) is 19.4 Å². The van der Waals surface area contributed by atoms with Crippen LogP contribution in [0.2, 0.25) is 5.02 Å². The molecule has 0 saturated carbocycles. The van der Waals surface area contributed by atoms with E-state index in [4.69, 9.17) is 11.6 Å². The Morgan fingerprint density at radius 3 is 2.96 bits per heavy atom. The van der Waals surface area contributed by atoms with Gasteiger partial charge in [0.15, 0.2) is 0 Å². The first-order chi connectivity index (χ1) is 11.0. The largest absolute Gasteiger partial charge is 0.393 e. The fourth-order valence-electron chi connectivity index (χ4n) is 2.72. The monoisotopic (exact) mass is 334 g/mol. The first kappa shape index (κ1) is 15.8. The molecule has 122 valence electrons. The summed E-state index contributed by atoms with van der Waals surface area (Å²) in [7, 11) is 0. The topological polar surface area (TPSA) is 70.4 Å². The van der Waals surface area contributed by atoms with Crippen LogP contribution in [0.4, 0.5) is 10.5 Å². The quantitative estimate of drug-likeness (QED) is 0.906. The van der Waals surface area contributed by atoms with E-state index in [2.05, 4.69) is 10.4 Å². The Kier molecular flexibility index (Phi) is 4.54. The molecule has 1 aliphatic rings. The van der Waals surface area contributed by atoms with Gasteiger partial charge in [-0.3, -0.25) is 0 Å². The molecule has 23 heavy (non-hydrogen) atoms. The lowest BCUT2D eigenvalue weighted by Gasteiger charge is -2.17. The molecule has 2 atom stereocenters. The van der Waals surface area contributed by atoms with Crippen molar-refractivity contribution in [3.63, 3.8) is 0 Å². The van der Waals surface area contributed by atoms with Crippen LogP contribution in [0, 0.1) is 5.92 Å². The zero-order chi connectivity index (χ0) is 16.4. The number of carbonyl (C=O) groups is 1. The average molecular weight is 335 g/mol. The number of urea groups is 1. The Morgan fingerprint density at radius 2 is 2.26 bits per heavy atom. The van der Waals surface area contributed by atoms with Gasteiger partial charge in [0, 0.05) is 19.0 Å². The van der Waals surface area contributed by atoms with Crippen LogP contribution >= 0.6 is 11.6 Å². The second-order valence-corrected chi connectivity index (χ2v) is 6.20. The molecule has 2 amide bonds. The number of hydrogen-bond donors (Lipinski definition) is 2. The van der Waals surface area contributed by atoms with Crippen LogP contribution in [-0.2, 0) is 0 Å². The van der Waals surface area contributed by atoms with Crippen molar-refractivity contribution >= 4 is 23.3 Å². The van der Waals surface area contributed by atoms with E-state index in [-0.39, 0.29) is 11.9 Å². The molecule has 0 bridgehead atoms. The number of aliphatic hydroxyl groups is 1. The van der Waals surface area contributed by atoms with E-state index in [1.807, 2.05) is 18.2 Å². The molecule has 3 rings (SSSR count). The summed E-state index contributed by atoms with van der Waals surface area (Å²) in [4.78, 5) is 14.0. The highest BCUT2D eigenvalue weighted by molar-refractivity contribution is 6.32. The van der Waals surface area contributed by atoms with Crippen molar-refractivity contribution in [3.05, 3.63) is 41.7 Å². The van der Waals surface area contributed by atoms with Gasteiger partial charge in [0.05, 0.1) is 34.9 Å². The van der Waals surface area contributed by atoms with E-state index in [0.29, 0.717) is 23.8 Å². The summed E-state index contributed by atoms with van der Waals surface area (Å²) >= 11 is 6.14. The maximum absolute atomic E-state index is 12.3. The summed E-state index contributed by atoms with van der Waals surface area (Å²) in [6.07, 6.45) is 3.74. The fourth-order valence-corrected chi connectivity index (χ4v) is 2.95. The summed E-state index contributed by atoms with van der Waals surface area (Å²) in [5, 5.41) is 17.3. The normalized spacial score (nSPS) is 18.9. The number of likely N-dealkylation sites (tertiary alicyclic amines) is 1. The zero-order valence-electron chi connectivity index (χ0n) is 12.8. The maximum atomic E-state index is 12.3. The highest BCUT2D eigenvalue weighted by Crippen LogP contribution is 2.22. The zero-order valence-corrected chi connectivity index (χ0v) is 13.6. The highest BCUT2D eigenvalue weighted by atomic mass is 35.5. The van der Waals surface area contributed by atoms with E-state index >= 15 is 0 Å². The molecule has 0 radical (unpaired) electrons. The fraction of sp³-hybridized carbons (Fsp3) is 0.375. The minimum Gasteiger partial charge on any atom is -0.393 e.